The van der Waals surface area contributed by atoms with Gasteiger partial charge in [0.25, 0.3) is 0 Å². The molecule has 0 aliphatic rings. The van der Waals surface area contributed by atoms with Crippen molar-refractivity contribution in [3.8, 4) is 0 Å². The third kappa shape index (κ3) is 15.8. The fraction of sp³-hybridized carbons (Fsp3) is 0.467. The minimum atomic E-state index is 0.858. The number of hydrogen-bond donors (Lipinski definition) is 1. The summed E-state index contributed by atoms with van der Waals surface area (Å²) in [6, 6.07) is 0. The van der Waals surface area contributed by atoms with Gasteiger partial charge in [0.1, 0.15) is 0 Å². The standard InChI is InChI=1S/C9H14.C4H8S.C2H6/c1-5-8(4)9(6-2)7-3;1-2-3-4-5;1-2/h5-6H,1-2,7H2,3-4H3;2-3,5H,4H2,1H3;1-2H3/b9-8+;3-2+;. The van der Waals surface area contributed by atoms with Crippen molar-refractivity contribution in [1.82, 2.24) is 0 Å². The van der Waals surface area contributed by atoms with E-state index in [0.717, 1.165) is 12.2 Å². The number of hydrogen-bond acceptors (Lipinski definition) is 1. The summed E-state index contributed by atoms with van der Waals surface area (Å²) in [5.41, 5.74) is 2.51. The van der Waals surface area contributed by atoms with Gasteiger partial charge in [0.2, 0.25) is 0 Å². The van der Waals surface area contributed by atoms with Crippen LogP contribution in [0, 0.1) is 0 Å². The third-order valence-electron chi connectivity index (χ3n) is 1.78. The van der Waals surface area contributed by atoms with Gasteiger partial charge >= 0.3 is 0 Å². The normalized spacial score (nSPS) is 10.4. The second kappa shape index (κ2) is 19.8. The molecule has 0 aromatic rings. The average molecular weight is 240 g/mol. The van der Waals surface area contributed by atoms with Gasteiger partial charge < -0.3 is 0 Å². The molecule has 0 fully saturated rings. The maximum absolute atomic E-state index is 3.91. The molecule has 0 aliphatic carbocycles. The van der Waals surface area contributed by atoms with Crippen LogP contribution in [0.4, 0.5) is 0 Å². The second-order valence-corrected chi connectivity index (χ2v) is 3.09. The number of rotatable bonds is 4. The molecule has 0 nitrogen and oxygen atoms in total. The van der Waals surface area contributed by atoms with E-state index in [-0.39, 0.29) is 0 Å². The lowest BCUT2D eigenvalue weighted by molar-refractivity contribution is 1.12. The fourth-order valence-corrected chi connectivity index (χ4v) is 1.03. The molecule has 16 heavy (non-hydrogen) atoms. The molecule has 1 heteroatoms. The fourth-order valence-electron chi connectivity index (χ4n) is 0.821. The molecular weight excluding hydrogens is 212 g/mol. The van der Waals surface area contributed by atoms with Gasteiger partial charge in [-0.05, 0) is 31.4 Å². The van der Waals surface area contributed by atoms with E-state index in [9.17, 15) is 0 Å². The van der Waals surface area contributed by atoms with Crippen LogP contribution in [0.3, 0.4) is 0 Å². The molecule has 0 amide bonds. The van der Waals surface area contributed by atoms with E-state index in [1.54, 1.807) is 0 Å². The first-order chi connectivity index (χ1) is 7.67. The highest BCUT2D eigenvalue weighted by Gasteiger charge is 1.88. The van der Waals surface area contributed by atoms with Gasteiger partial charge in [0.05, 0.1) is 0 Å². The van der Waals surface area contributed by atoms with Gasteiger partial charge in [-0.1, -0.05) is 58.2 Å². The Labute approximate surface area is 108 Å². The van der Waals surface area contributed by atoms with Crippen LogP contribution in [0.25, 0.3) is 0 Å². The zero-order valence-electron chi connectivity index (χ0n) is 11.6. The van der Waals surface area contributed by atoms with E-state index in [0.29, 0.717) is 0 Å². The molecule has 0 saturated carbocycles. The largest absolute Gasteiger partial charge is 0.175 e. The van der Waals surface area contributed by atoms with Crippen LogP contribution in [0.5, 0.6) is 0 Å². The third-order valence-corrected chi connectivity index (χ3v) is 1.99. The van der Waals surface area contributed by atoms with E-state index in [2.05, 4.69) is 32.7 Å². The molecule has 94 valence electrons. The Hall–Kier alpha value is -0.690. The summed E-state index contributed by atoms with van der Waals surface area (Å²) in [5.74, 6) is 0.858. The van der Waals surface area contributed by atoms with Gasteiger partial charge in [-0.2, -0.15) is 12.6 Å². The Morgan fingerprint density at radius 2 is 1.69 bits per heavy atom. The highest BCUT2D eigenvalue weighted by Crippen LogP contribution is 2.08. The molecule has 0 aromatic heterocycles. The van der Waals surface area contributed by atoms with E-state index in [1.807, 2.05) is 52.0 Å². The zero-order valence-corrected chi connectivity index (χ0v) is 12.5. The minimum Gasteiger partial charge on any atom is -0.175 e. The second-order valence-electron chi connectivity index (χ2n) is 2.72. The Morgan fingerprint density at radius 1 is 1.19 bits per heavy atom. The first-order valence-corrected chi connectivity index (χ1v) is 6.47. The van der Waals surface area contributed by atoms with Crippen LogP contribution in [-0.2, 0) is 0 Å². The summed E-state index contributed by atoms with van der Waals surface area (Å²) in [7, 11) is 0. The van der Waals surface area contributed by atoms with Crippen molar-refractivity contribution in [1.29, 1.82) is 0 Å². The molecule has 0 radical (unpaired) electrons. The van der Waals surface area contributed by atoms with Gasteiger partial charge in [-0.25, -0.2) is 0 Å². The lowest BCUT2D eigenvalue weighted by atomic mass is 10.1. The van der Waals surface area contributed by atoms with Gasteiger partial charge in [-0.3, -0.25) is 0 Å². The van der Waals surface area contributed by atoms with Crippen molar-refractivity contribution >= 4 is 12.6 Å². The van der Waals surface area contributed by atoms with Crippen LogP contribution >= 0.6 is 12.6 Å². The highest BCUT2D eigenvalue weighted by atomic mass is 32.1. The first-order valence-electron chi connectivity index (χ1n) is 5.84. The lowest BCUT2D eigenvalue weighted by Crippen LogP contribution is -1.77. The summed E-state index contributed by atoms with van der Waals surface area (Å²) in [4.78, 5) is 0. The molecule has 0 heterocycles. The van der Waals surface area contributed by atoms with Crippen LogP contribution in [0.2, 0.25) is 0 Å². The molecule has 0 atom stereocenters. The molecule has 0 bridgehead atoms. The summed E-state index contributed by atoms with van der Waals surface area (Å²) in [5, 5.41) is 0. The van der Waals surface area contributed by atoms with Gasteiger partial charge in [0, 0.05) is 5.75 Å². The van der Waals surface area contributed by atoms with Crippen LogP contribution in [0.1, 0.15) is 41.0 Å². The maximum atomic E-state index is 3.91. The van der Waals surface area contributed by atoms with Gasteiger partial charge in [-0.15, -0.1) is 0 Å². The molecule has 0 N–H and O–H groups in total. The maximum Gasteiger partial charge on any atom is 0.00824 e. The van der Waals surface area contributed by atoms with Crippen molar-refractivity contribution < 1.29 is 0 Å². The first kappa shape index (κ1) is 20.7. The van der Waals surface area contributed by atoms with Gasteiger partial charge in [0.15, 0.2) is 0 Å². The zero-order chi connectivity index (χ0) is 13.4. The molecule has 0 saturated heterocycles. The molecule has 0 unspecified atom stereocenters. The Bertz CT molecular complexity index is 209. The van der Waals surface area contributed by atoms with Crippen LogP contribution in [-0.4, -0.2) is 5.75 Å². The molecular formula is C15H28S. The van der Waals surface area contributed by atoms with E-state index in [4.69, 9.17) is 0 Å². The topological polar surface area (TPSA) is 0 Å². The predicted octanol–water partition coefficient (Wildman–Crippen LogP) is 5.60. The van der Waals surface area contributed by atoms with Crippen molar-refractivity contribution in [2.75, 3.05) is 5.75 Å². The lowest BCUT2D eigenvalue weighted by Gasteiger charge is -1.98. The van der Waals surface area contributed by atoms with Crippen LogP contribution in [0.15, 0.2) is 48.6 Å². The highest BCUT2D eigenvalue weighted by molar-refractivity contribution is 7.80. The molecule has 0 aromatic carbocycles. The monoisotopic (exact) mass is 240 g/mol. The SMILES string of the molecule is C/C=C/CS.C=C/C(C)=C(\C=C)CC.CC. The van der Waals surface area contributed by atoms with Crippen molar-refractivity contribution in [2.45, 2.75) is 41.0 Å². The Kier molecular flexibility index (Phi) is 25.6. The Balaban J connectivity index is -0.000000205. The minimum absolute atomic E-state index is 0.858. The number of allylic oxidation sites excluding steroid dienone is 5. The smallest absolute Gasteiger partial charge is 0.00824 e. The van der Waals surface area contributed by atoms with Crippen LogP contribution < -0.4 is 0 Å². The van der Waals surface area contributed by atoms with Crippen molar-refractivity contribution in [2.24, 2.45) is 0 Å². The quantitative estimate of drug-likeness (QED) is 0.369. The van der Waals surface area contributed by atoms with Crippen molar-refractivity contribution in [3.63, 3.8) is 0 Å². The van der Waals surface area contributed by atoms with E-state index in [1.165, 1.54) is 11.1 Å². The average Bonchev–Trinajstić information content (AvgIpc) is 2.34. The molecule has 0 rings (SSSR count). The molecule has 0 spiro atoms. The summed E-state index contributed by atoms with van der Waals surface area (Å²) in [6.07, 6.45) is 8.76. The summed E-state index contributed by atoms with van der Waals surface area (Å²) < 4.78 is 0. The predicted molar refractivity (Wildman–Crippen MR) is 83.4 cm³/mol. The van der Waals surface area contributed by atoms with E-state index >= 15 is 0 Å². The number of thiol groups is 1. The summed E-state index contributed by atoms with van der Waals surface area (Å²) in [6.45, 7) is 17.5. The molecule has 0 aliphatic heterocycles. The summed E-state index contributed by atoms with van der Waals surface area (Å²) >= 11 is 3.91. The van der Waals surface area contributed by atoms with Crippen molar-refractivity contribution in [3.05, 3.63) is 48.6 Å². The Morgan fingerprint density at radius 3 is 1.75 bits per heavy atom. The van der Waals surface area contributed by atoms with E-state index < -0.39 is 0 Å².